The quantitative estimate of drug-likeness (QED) is 0.778. The van der Waals surface area contributed by atoms with Gasteiger partial charge >= 0.3 is 0 Å². The van der Waals surface area contributed by atoms with Crippen LogP contribution in [0.15, 0.2) is 24.3 Å². The van der Waals surface area contributed by atoms with E-state index in [2.05, 4.69) is 60.2 Å². The van der Waals surface area contributed by atoms with Crippen LogP contribution in [0, 0.1) is 0 Å². The molecule has 0 aromatic heterocycles. The Morgan fingerprint density at radius 1 is 1.10 bits per heavy atom. The predicted octanol–water partition coefficient (Wildman–Crippen LogP) is 2.36. The van der Waals surface area contributed by atoms with Crippen molar-refractivity contribution in [3.8, 4) is 0 Å². The van der Waals surface area contributed by atoms with Crippen LogP contribution in [0.1, 0.15) is 31.9 Å². The van der Waals surface area contributed by atoms with Gasteiger partial charge in [0.25, 0.3) is 0 Å². The summed E-state index contributed by atoms with van der Waals surface area (Å²) in [6, 6.07) is 9.87. The Hall–Kier alpha value is -0.900. The second-order valence-corrected chi connectivity index (χ2v) is 6.13. The minimum absolute atomic E-state index is 0.683. The largest absolute Gasteiger partial charge is 0.317 e. The van der Waals surface area contributed by atoms with Gasteiger partial charge in [0.15, 0.2) is 0 Å². The summed E-state index contributed by atoms with van der Waals surface area (Å²) in [4.78, 5) is 5.16. The molecule has 1 N–H and O–H groups in total. The van der Waals surface area contributed by atoms with Gasteiger partial charge < -0.3 is 5.32 Å². The molecule has 1 aliphatic rings. The average Bonchev–Trinajstić information content (AvgIpc) is 2.49. The minimum atomic E-state index is 0.683. The van der Waals surface area contributed by atoms with Gasteiger partial charge in [-0.2, -0.15) is 0 Å². The lowest BCUT2D eigenvalue weighted by Crippen LogP contribution is -2.51. The zero-order chi connectivity index (χ0) is 15.1. The minimum Gasteiger partial charge on any atom is -0.317 e. The Bertz CT molecular complexity index is 401. The topological polar surface area (TPSA) is 18.5 Å². The second-order valence-electron chi connectivity index (χ2n) is 6.13. The van der Waals surface area contributed by atoms with Crippen molar-refractivity contribution in [1.29, 1.82) is 0 Å². The highest BCUT2D eigenvalue weighted by molar-refractivity contribution is 5.22. The van der Waals surface area contributed by atoms with Gasteiger partial charge in [-0.15, -0.1) is 0 Å². The van der Waals surface area contributed by atoms with Gasteiger partial charge in [-0.1, -0.05) is 38.1 Å². The number of benzene rings is 1. The third-order valence-electron chi connectivity index (χ3n) is 4.52. The zero-order valence-electron chi connectivity index (χ0n) is 13.9. The Morgan fingerprint density at radius 3 is 2.43 bits per heavy atom. The average molecular weight is 289 g/mol. The van der Waals surface area contributed by atoms with Gasteiger partial charge in [0.05, 0.1) is 0 Å². The van der Waals surface area contributed by atoms with Crippen LogP contribution in [0.5, 0.6) is 0 Å². The molecule has 1 aliphatic heterocycles. The molecule has 0 aliphatic carbocycles. The molecule has 3 heteroatoms. The lowest BCUT2D eigenvalue weighted by molar-refractivity contribution is 0.0834. The number of nitrogens with zero attached hydrogens (tertiary/aromatic N) is 2. The van der Waals surface area contributed by atoms with Crippen molar-refractivity contribution >= 4 is 0 Å². The highest BCUT2D eigenvalue weighted by Gasteiger charge is 2.21. The summed E-state index contributed by atoms with van der Waals surface area (Å²) in [6.07, 6.45) is 1.13. The molecular weight excluding hydrogens is 258 g/mol. The van der Waals surface area contributed by atoms with E-state index in [1.807, 2.05) is 0 Å². The van der Waals surface area contributed by atoms with Gasteiger partial charge in [0, 0.05) is 32.2 Å². The summed E-state index contributed by atoms with van der Waals surface area (Å²) in [5, 5.41) is 3.38. The lowest BCUT2D eigenvalue weighted by atomic mass is 10.1. The van der Waals surface area contributed by atoms with Crippen LogP contribution in [0.4, 0.5) is 0 Å². The Labute approximate surface area is 130 Å². The number of hydrogen-bond acceptors (Lipinski definition) is 3. The molecule has 3 nitrogen and oxygen atoms in total. The molecule has 1 aromatic rings. The van der Waals surface area contributed by atoms with Crippen molar-refractivity contribution in [3.05, 3.63) is 35.4 Å². The van der Waals surface area contributed by atoms with E-state index >= 15 is 0 Å². The number of hydrogen-bond donors (Lipinski definition) is 1. The first-order valence-electron chi connectivity index (χ1n) is 8.47. The van der Waals surface area contributed by atoms with Crippen LogP contribution in [-0.4, -0.2) is 55.1 Å². The molecule has 0 amide bonds. The molecule has 118 valence electrons. The van der Waals surface area contributed by atoms with Crippen molar-refractivity contribution in [2.24, 2.45) is 0 Å². The number of likely N-dealkylation sites (N-methyl/N-ethyl adjacent to an activating group) is 2. The smallest absolute Gasteiger partial charge is 0.0234 e. The van der Waals surface area contributed by atoms with E-state index in [9.17, 15) is 0 Å². The number of nitrogens with one attached hydrogen (secondary N) is 1. The second kappa shape index (κ2) is 8.52. The van der Waals surface area contributed by atoms with Crippen LogP contribution in [0.3, 0.4) is 0 Å². The van der Waals surface area contributed by atoms with Crippen LogP contribution in [0.2, 0.25) is 0 Å². The summed E-state index contributed by atoms with van der Waals surface area (Å²) in [5.41, 5.74) is 2.88. The van der Waals surface area contributed by atoms with Crippen LogP contribution in [-0.2, 0) is 13.0 Å². The van der Waals surface area contributed by atoms with Gasteiger partial charge in [0.1, 0.15) is 0 Å². The van der Waals surface area contributed by atoms with Gasteiger partial charge in [-0.05, 0) is 44.1 Å². The molecule has 21 heavy (non-hydrogen) atoms. The maximum absolute atomic E-state index is 3.38. The van der Waals surface area contributed by atoms with Crippen molar-refractivity contribution < 1.29 is 0 Å². The molecule has 1 atom stereocenters. The first kappa shape index (κ1) is 16.5. The summed E-state index contributed by atoms with van der Waals surface area (Å²) < 4.78 is 0. The molecule has 0 bridgehead atoms. The molecule has 0 saturated carbocycles. The fraction of sp³-hybridized carbons (Fsp3) is 0.667. The Balaban J connectivity index is 1.80. The van der Waals surface area contributed by atoms with E-state index in [0.29, 0.717) is 6.04 Å². The van der Waals surface area contributed by atoms with E-state index in [1.54, 1.807) is 0 Å². The van der Waals surface area contributed by atoms with Gasteiger partial charge in [-0.25, -0.2) is 0 Å². The maximum atomic E-state index is 3.38. The zero-order valence-corrected chi connectivity index (χ0v) is 13.9. The monoisotopic (exact) mass is 289 g/mol. The van der Waals surface area contributed by atoms with Crippen molar-refractivity contribution in [3.63, 3.8) is 0 Å². The summed E-state index contributed by atoms with van der Waals surface area (Å²) in [7, 11) is 0. The van der Waals surface area contributed by atoms with E-state index in [-0.39, 0.29) is 0 Å². The van der Waals surface area contributed by atoms with E-state index in [4.69, 9.17) is 0 Å². The Morgan fingerprint density at radius 2 is 1.81 bits per heavy atom. The van der Waals surface area contributed by atoms with Crippen LogP contribution in [0.25, 0.3) is 0 Å². The highest BCUT2D eigenvalue weighted by atomic mass is 15.3. The van der Waals surface area contributed by atoms with E-state index in [0.717, 1.165) is 26.1 Å². The summed E-state index contributed by atoms with van der Waals surface area (Å²) in [6.45, 7) is 14.8. The van der Waals surface area contributed by atoms with E-state index < -0.39 is 0 Å². The molecule has 0 spiro atoms. The van der Waals surface area contributed by atoms with Crippen molar-refractivity contribution in [2.45, 2.75) is 39.8 Å². The fourth-order valence-corrected chi connectivity index (χ4v) is 3.16. The van der Waals surface area contributed by atoms with Gasteiger partial charge in [-0.3, -0.25) is 9.80 Å². The molecule has 1 saturated heterocycles. The molecular formula is C18H31N3. The standard InChI is InChI=1S/C18H31N3/c1-4-19-11-10-17-6-8-18(9-7-17)15-20-12-13-21(5-2)16(3)14-20/h6-9,16,19H,4-5,10-15H2,1-3H3. The normalized spacial score (nSPS) is 20.8. The lowest BCUT2D eigenvalue weighted by Gasteiger charge is -2.39. The first-order valence-corrected chi connectivity index (χ1v) is 8.47. The van der Waals surface area contributed by atoms with E-state index in [1.165, 1.54) is 37.3 Å². The van der Waals surface area contributed by atoms with Gasteiger partial charge in [0.2, 0.25) is 0 Å². The number of rotatable bonds is 7. The van der Waals surface area contributed by atoms with Crippen molar-refractivity contribution in [1.82, 2.24) is 15.1 Å². The summed E-state index contributed by atoms with van der Waals surface area (Å²) in [5.74, 6) is 0. The fourth-order valence-electron chi connectivity index (χ4n) is 3.16. The molecule has 1 fully saturated rings. The first-order chi connectivity index (χ1) is 10.2. The third kappa shape index (κ3) is 5.10. The number of piperazine rings is 1. The molecule has 1 aromatic carbocycles. The SMILES string of the molecule is CCNCCc1ccc(CN2CCN(CC)C(C)C2)cc1. The third-order valence-corrected chi connectivity index (χ3v) is 4.52. The maximum Gasteiger partial charge on any atom is 0.0234 e. The Kier molecular flexibility index (Phi) is 6.68. The van der Waals surface area contributed by atoms with Crippen molar-refractivity contribution in [2.75, 3.05) is 39.3 Å². The summed E-state index contributed by atoms with van der Waals surface area (Å²) >= 11 is 0. The van der Waals surface area contributed by atoms with Crippen LogP contribution < -0.4 is 5.32 Å². The molecule has 1 unspecified atom stereocenters. The molecule has 0 radical (unpaired) electrons. The highest BCUT2D eigenvalue weighted by Crippen LogP contribution is 2.13. The predicted molar refractivity (Wildman–Crippen MR) is 90.7 cm³/mol. The van der Waals surface area contributed by atoms with Crippen LogP contribution >= 0.6 is 0 Å². The molecule has 2 rings (SSSR count). The molecule has 1 heterocycles.